The summed E-state index contributed by atoms with van der Waals surface area (Å²) >= 11 is 0. The number of rotatable bonds is 5. The third-order valence-electron chi connectivity index (χ3n) is 5.65. The number of hydrogen-bond donors (Lipinski definition) is 0. The van der Waals surface area contributed by atoms with Crippen LogP contribution in [0.25, 0.3) is 17.1 Å². The van der Waals surface area contributed by atoms with Gasteiger partial charge >= 0.3 is 0 Å². The highest BCUT2D eigenvalue weighted by Gasteiger charge is 2.27. The average molecular weight is 433 g/mol. The normalized spacial score (nSPS) is 14.6. The fourth-order valence-electron chi connectivity index (χ4n) is 3.83. The molecule has 3 heterocycles. The van der Waals surface area contributed by atoms with Crippen LogP contribution in [0.2, 0.25) is 0 Å². The Morgan fingerprint density at radius 1 is 1.06 bits per heavy atom. The summed E-state index contributed by atoms with van der Waals surface area (Å²) in [5, 5.41) is 15.1. The molecule has 0 saturated carbocycles. The van der Waals surface area contributed by atoms with Gasteiger partial charge in [-0.2, -0.15) is 4.98 Å². The number of tetrazole rings is 1. The maximum atomic E-state index is 13.1. The van der Waals surface area contributed by atoms with Crippen LogP contribution in [0, 0.1) is 5.82 Å². The molecular weight excluding hydrogens is 413 g/mol. The maximum absolute atomic E-state index is 13.1. The van der Waals surface area contributed by atoms with Crippen LogP contribution in [0.3, 0.4) is 0 Å². The third-order valence-corrected chi connectivity index (χ3v) is 5.65. The number of benzene rings is 2. The molecule has 5 rings (SSSR count). The smallest absolute Gasteiger partial charge is 0.230 e. The number of hydrogen-bond acceptors (Lipinski definition) is 7. The van der Waals surface area contributed by atoms with E-state index >= 15 is 0 Å². The number of nitrogens with zero attached hydrogens (tertiary/aromatic N) is 7. The first-order chi connectivity index (χ1) is 15.7. The van der Waals surface area contributed by atoms with E-state index in [0.29, 0.717) is 36.8 Å². The molecule has 0 bridgehead atoms. The lowest BCUT2D eigenvalue weighted by Gasteiger charge is -2.30. The first kappa shape index (κ1) is 20.0. The Balaban J connectivity index is 1.16. The summed E-state index contributed by atoms with van der Waals surface area (Å²) in [7, 11) is 0. The van der Waals surface area contributed by atoms with Crippen molar-refractivity contribution in [1.29, 1.82) is 0 Å². The van der Waals surface area contributed by atoms with E-state index in [1.165, 1.54) is 18.5 Å². The molecule has 1 fully saturated rings. The lowest BCUT2D eigenvalue weighted by atomic mass is 9.96. The summed E-state index contributed by atoms with van der Waals surface area (Å²) in [5.41, 5.74) is 2.49. The Labute approximate surface area is 182 Å². The number of carbonyl (C=O) groups is 1. The molecule has 0 radical (unpaired) electrons. The number of amides is 1. The van der Waals surface area contributed by atoms with E-state index in [4.69, 9.17) is 4.52 Å². The van der Waals surface area contributed by atoms with E-state index in [9.17, 15) is 9.18 Å². The molecule has 0 atom stereocenters. The minimum absolute atomic E-state index is 0.0937. The van der Waals surface area contributed by atoms with Crippen LogP contribution < -0.4 is 0 Å². The summed E-state index contributed by atoms with van der Waals surface area (Å²) < 4.78 is 20.1. The van der Waals surface area contributed by atoms with Gasteiger partial charge in [-0.25, -0.2) is 9.07 Å². The Morgan fingerprint density at radius 3 is 2.50 bits per heavy atom. The molecule has 0 spiro atoms. The van der Waals surface area contributed by atoms with E-state index in [2.05, 4.69) is 25.7 Å². The second-order valence-corrected chi connectivity index (χ2v) is 7.72. The van der Waals surface area contributed by atoms with E-state index in [1.54, 1.807) is 16.8 Å². The summed E-state index contributed by atoms with van der Waals surface area (Å²) in [6.07, 6.45) is 3.39. The molecule has 2 aromatic heterocycles. The molecule has 32 heavy (non-hydrogen) atoms. The predicted molar refractivity (Wildman–Crippen MR) is 111 cm³/mol. The molecule has 1 amide bonds. The van der Waals surface area contributed by atoms with Gasteiger partial charge in [-0.3, -0.25) is 4.79 Å². The van der Waals surface area contributed by atoms with Crippen molar-refractivity contribution in [2.45, 2.75) is 25.2 Å². The van der Waals surface area contributed by atoms with Crippen LogP contribution >= 0.6 is 0 Å². The summed E-state index contributed by atoms with van der Waals surface area (Å²) in [5.74, 6) is 0.906. The van der Waals surface area contributed by atoms with Crippen molar-refractivity contribution in [3.63, 3.8) is 0 Å². The van der Waals surface area contributed by atoms with Crippen molar-refractivity contribution in [3.8, 4) is 17.1 Å². The average Bonchev–Trinajstić information content (AvgIpc) is 3.53. The molecule has 2 aromatic carbocycles. The second kappa shape index (κ2) is 8.66. The van der Waals surface area contributed by atoms with Crippen LogP contribution in [0.1, 0.15) is 30.2 Å². The van der Waals surface area contributed by atoms with Crippen molar-refractivity contribution in [3.05, 3.63) is 72.1 Å². The van der Waals surface area contributed by atoms with Crippen molar-refractivity contribution >= 4 is 5.91 Å². The highest BCUT2D eigenvalue weighted by Crippen LogP contribution is 2.29. The second-order valence-electron chi connectivity index (χ2n) is 7.72. The molecule has 1 saturated heterocycles. The first-order valence-corrected chi connectivity index (χ1v) is 10.4. The van der Waals surface area contributed by atoms with Crippen LogP contribution in [0.15, 0.2) is 59.4 Å². The molecule has 9 nitrogen and oxygen atoms in total. The molecule has 162 valence electrons. The van der Waals surface area contributed by atoms with E-state index in [-0.39, 0.29) is 17.6 Å². The highest BCUT2D eigenvalue weighted by molar-refractivity contribution is 5.79. The zero-order valence-electron chi connectivity index (χ0n) is 17.1. The van der Waals surface area contributed by atoms with Crippen molar-refractivity contribution in [2.24, 2.45) is 0 Å². The SMILES string of the molecule is O=C(Cc1ccc(-n2cnnn2)cc1)N1CCC(c2nc(-c3ccc(F)cc3)no2)CC1. The van der Waals surface area contributed by atoms with Gasteiger partial charge in [-0.15, -0.1) is 5.10 Å². The molecule has 1 aliphatic heterocycles. The molecule has 0 aliphatic carbocycles. The van der Waals surface area contributed by atoms with Crippen LogP contribution in [-0.2, 0) is 11.2 Å². The summed E-state index contributed by atoms with van der Waals surface area (Å²) in [6.45, 7) is 1.28. The largest absolute Gasteiger partial charge is 0.342 e. The number of piperidine rings is 1. The summed E-state index contributed by atoms with van der Waals surface area (Å²) in [6, 6.07) is 13.6. The van der Waals surface area contributed by atoms with E-state index in [0.717, 1.165) is 24.1 Å². The number of halogens is 1. The zero-order valence-corrected chi connectivity index (χ0v) is 17.1. The minimum atomic E-state index is -0.307. The van der Waals surface area contributed by atoms with Gasteiger partial charge in [0.2, 0.25) is 17.6 Å². The highest BCUT2D eigenvalue weighted by atomic mass is 19.1. The molecule has 0 unspecified atom stereocenters. The van der Waals surface area contributed by atoms with Crippen LogP contribution in [-0.4, -0.2) is 54.2 Å². The molecule has 0 N–H and O–H groups in total. The predicted octanol–water partition coefficient (Wildman–Crippen LogP) is 2.80. The molecular formula is C22H20FN7O2. The van der Waals surface area contributed by atoms with Gasteiger partial charge in [0.15, 0.2) is 0 Å². The van der Waals surface area contributed by atoms with Gasteiger partial charge in [0.05, 0.1) is 12.1 Å². The third kappa shape index (κ3) is 4.25. The van der Waals surface area contributed by atoms with Gasteiger partial charge < -0.3 is 9.42 Å². The first-order valence-electron chi connectivity index (χ1n) is 10.4. The van der Waals surface area contributed by atoms with Crippen LogP contribution in [0.5, 0.6) is 0 Å². The quantitative estimate of drug-likeness (QED) is 0.477. The Morgan fingerprint density at radius 2 is 1.81 bits per heavy atom. The Bertz CT molecular complexity index is 1180. The molecule has 1 aliphatic rings. The van der Waals surface area contributed by atoms with E-state index < -0.39 is 0 Å². The molecule has 4 aromatic rings. The van der Waals surface area contributed by atoms with Crippen molar-refractivity contribution in [2.75, 3.05) is 13.1 Å². The number of aromatic nitrogens is 6. The lowest BCUT2D eigenvalue weighted by molar-refractivity contribution is -0.131. The van der Waals surface area contributed by atoms with Gasteiger partial charge in [-0.1, -0.05) is 17.3 Å². The fourth-order valence-corrected chi connectivity index (χ4v) is 3.83. The fraction of sp³-hybridized carbons (Fsp3) is 0.273. The Kier molecular flexibility index (Phi) is 5.40. The number of carbonyl (C=O) groups excluding carboxylic acids is 1. The maximum Gasteiger partial charge on any atom is 0.230 e. The van der Waals surface area contributed by atoms with Gasteiger partial charge in [0.25, 0.3) is 0 Å². The van der Waals surface area contributed by atoms with Gasteiger partial charge in [0, 0.05) is 24.6 Å². The Hall–Kier alpha value is -3.95. The standard InChI is InChI=1S/C22H20FN7O2/c23-18-5-3-16(4-6-18)21-25-22(32-26-21)17-9-11-29(12-10-17)20(31)13-15-1-7-19(8-2-15)30-14-24-27-28-30/h1-8,14,17H,9-13H2. The van der Waals surface area contributed by atoms with Gasteiger partial charge in [-0.05, 0) is 65.2 Å². The monoisotopic (exact) mass is 433 g/mol. The van der Waals surface area contributed by atoms with E-state index in [1.807, 2.05) is 29.2 Å². The van der Waals surface area contributed by atoms with Crippen molar-refractivity contribution in [1.82, 2.24) is 35.2 Å². The zero-order chi connectivity index (χ0) is 21.9. The minimum Gasteiger partial charge on any atom is -0.342 e. The number of likely N-dealkylation sites (tertiary alicyclic amines) is 1. The lowest BCUT2D eigenvalue weighted by Crippen LogP contribution is -2.38. The summed E-state index contributed by atoms with van der Waals surface area (Å²) in [4.78, 5) is 19.1. The molecule has 10 heteroatoms. The topological polar surface area (TPSA) is 103 Å². The van der Waals surface area contributed by atoms with Gasteiger partial charge in [0.1, 0.15) is 12.1 Å². The van der Waals surface area contributed by atoms with Crippen molar-refractivity contribution < 1.29 is 13.7 Å². The van der Waals surface area contributed by atoms with Crippen LogP contribution in [0.4, 0.5) is 4.39 Å².